The molecule has 0 aliphatic carbocycles. The maximum Gasteiger partial charge on any atom is 0.265 e. The molecule has 3 aromatic carbocycles. The van der Waals surface area contributed by atoms with Crippen LogP contribution in [0.5, 0.6) is 0 Å². The van der Waals surface area contributed by atoms with E-state index in [-0.39, 0.29) is 29.5 Å². The Bertz CT molecular complexity index is 1770. The predicted molar refractivity (Wildman–Crippen MR) is 166 cm³/mol. The smallest absolute Gasteiger partial charge is 0.265 e. The number of rotatable bonds is 9. The van der Waals surface area contributed by atoms with Gasteiger partial charge in [-0.1, -0.05) is 60.1 Å². The van der Waals surface area contributed by atoms with Crippen molar-refractivity contribution in [2.45, 2.75) is 13.0 Å². The van der Waals surface area contributed by atoms with Gasteiger partial charge in [-0.3, -0.25) is 24.3 Å². The lowest BCUT2D eigenvalue weighted by molar-refractivity contribution is 0.0656. The molecule has 0 fully saturated rings. The summed E-state index contributed by atoms with van der Waals surface area (Å²) in [5.41, 5.74) is 5.95. The number of amides is 3. The normalized spacial score (nSPS) is 12.4. The number of imide groups is 1. The molecule has 3 heterocycles. The SMILES string of the molecule is O=C(Nc1cccc2c1C(=O)N(CCc1ccc(CNc3ccc(-c4ccccn4)cc3)cc1)C2=O)c1ccc(Cl)s1. The van der Waals surface area contributed by atoms with E-state index in [9.17, 15) is 14.4 Å². The number of fused-ring (bicyclic) bond motifs is 1. The summed E-state index contributed by atoms with van der Waals surface area (Å²) in [6.07, 6.45) is 2.30. The molecule has 208 valence electrons. The second kappa shape index (κ2) is 12.0. The second-order valence-electron chi connectivity index (χ2n) is 9.76. The van der Waals surface area contributed by atoms with E-state index in [1.165, 1.54) is 4.90 Å². The number of carbonyl (C=O) groups excluding carboxylic acids is 3. The number of carbonyl (C=O) groups is 3. The number of nitrogens with zero attached hydrogens (tertiary/aromatic N) is 2. The molecule has 2 N–H and O–H groups in total. The van der Waals surface area contributed by atoms with Gasteiger partial charge in [-0.05, 0) is 66.1 Å². The fourth-order valence-electron chi connectivity index (χ4n) is 4.82. The summed E-state index contributed by atoms with van der Waals surface area (Å²) in [6.45, 7) is 0.897. The first kappa shape index (κ1) is 27.4. The predicted octanol–water partition coefficient (Wildman–Crippen LogP) is 7.17. The van der Waals surface area contributed by atoms with Crippen molar-refractivity contribution < 1.29 is 14.4 Å². The minimum Gasteiger partial charge on any atom is -0.381 e. The Balaban J connectivity index is 1.05. The molecule has 0 bridgehead atoms. The maximum absolute atomic E-state index is 13.3. The molecule has 7 nitrogen and oxygen atoms in total. The summed E-state index contributed by atoms with van der Waals surface area (Å²) in [5, 5.41) is 6.20. The molecule has 0 saturated heterocycles. The van der Waals surface area contributed by atoms with E-state index >= 15 is 0 Å². The molecule has 0 unspecified atom stereocenters. The van der Waals surface area contributed by atoms with Crippen LogP contribution in [0, 0.1) is 0 Å². The molecule has 5 aromatic rings. The summed E-state index contributed by atoms with van der Waals surface area (Å²) in [7, 11) is 0. The third-order valence-corrected chi connectivity index (χ3v) is 8.26. The number of pyridine rings is 1. The molecular formula is C33H25ClN4O3S. The van der Waals surface area contributed by atoms with Crippen LogP contribution in [0.4, 0.5) is 11.4 Å². The second-order valence-corrected chi connectivity index (χ2v) is 11.5. The van der Waals surface area contributed by atoms with Crippen LogP contribution in [0.1, 0.15) is 41.5 Å². The number of nitrogens with one attached hydrogen (secondary N) is 2. The molecule has 0 atom stereocenters. The lowest BCUT2D eigenvalue weighted by Crippen LogP contribution is -2.32. The Kier molecular flexibility index (Phi) is 7.81. The maximum atomic E-state index is 13.3. The van der Waals surface area contributed by atoms with E-state index < -0.39 is 5.91 Å². The monoisotopic (exact) mass is 592 g/mol. The number of thiophene rings is 1. The van der Waals surface area contributed by atoms with Crippen molar-refractivity contribution in [3.8, 4) is 11.3 Å². The van der Waals surface area contributed by atoms with Crippen LogP contribution in [0.2, 0.25) is 4.34 Å². The van der Waals surface area contributed by atoms with Crippen molar-refractivity contribution in [1.29, 1.82) is 0 Å². The van der Waals surface area contributed by atoms with Gasteiger partial charge in [0.1, 0.15) is 0 Å². The third-order valence-electron chi connectivity index (χ3n) is 7.03. The molecule has 9 heteroatoms. The van der Waals surface area contributed by atoms with Gasteiger partial charge in [0.05, 0.1) is 31.7 Å². The lowest BCUT2D eigenvalue weighted by atomic mass is 10.1. The van der Waals surface area contributed by atoms with Gasteiger partial charge in [0, 0.05) is 30.5 Å². The van der Waals surface area contributed by atoms with E-state index in [2.05, 4.69) is 15.6 Å². The summed E-state index contributed by atoms with van der Waals surface area (Å²) in [6, 6.07) is 30.3. The zero-order valence-electron chi connectivity index (χ0n) is 22.3. The number of anilines is 2. The number of hydrogen-bond donors (Lipinski definition) is 2. The summed E-state index contributed by atoms with van der Waals surface area (Å²) >= 11 is 7.09. The zero-order chi connectivity index (χ0) is 29.1. The fraction of sp³-hybridized carbons (Fsp3) is 0.0909. The highest BCUT2D eigenvalue weighted by molar-refractivity contribution is 7.18. The largest absolute Gasteiger partial charge is 0.381 e. The molecule has 42 heavy (non-hydrogen) atoms. The Morgan fingerprint density at radius 1 is 0.833 bits per heavy atom. The number of halogens is 1. The summed E-state index contributed by atoms with van der Waals surface area (Å²) in [5.74, 6) is -1.15. The highest BCUT2D eigenvalue weighted by Gasteiger charge is 2.37. The average molecular weight is 593 g/mol. The van der Waals surface area contributed by atoms with Crippen LogP contribution in [0.25, 0.3) is 11.3 Å². The van der Waals surface area contributed by atoms with Crippen LogP contribution < -0.4 is 10.6 Å². The molecule has 0 spiro atoms. The first-order chi connectivity index (χ1) is 20.5. The number of benzene rings is 3. The standard InChI is InChI=1S/C33H25ClN4O3S/c34-29-16-15-28(42-29)31(39)37-27-6-3-4-25-30(27)33(41)38(32(25)40)19-17-21-7-9-22(10-8-21)20-36-24-13-11-23(12-14-24)26-5-1-2-18-35-26/h1-16,18,36H,17,19-20H2,(H,37,39). The minimum atomic E-state index is -0.412. The van der Waals surface area contributed by atoms with Crippen LogP contribution in [-0.2, 0) is 13.0 Å². The van der Waals surface area contributed by atoms with Crippen LogP contribution in [-0.4, -0.2) is 34.2 Å². The first-order valence-electron chi connectivity index (χ1n) is 13.4. The highest BCUT2D eigenvalue weighted by atomic mass is 35.5. The zero-order valence-corrected chi connectivity index (χ0v) is 23.9. The highest BCUT2D eigenvalue weighted by Crippen LogP contribution is 2.31. The lowest BCUT2D eigenvalue weighted by Gasteiger charge is -2.14. The molecule has 0 saturated carbocycles. The fourth-order valence-corrected chi connectivity index (χ4v) is 5.76. The molecule has 6 rings (SSSR count). The molecule has 2 aromatic heterocycles. The topological polar surface area (TPSA) is 91.4 Å². The minimum absolute atomic E-state index is 0.216. The van der Waals surface area contributed by atoms with E-state index in [1.54, 1.807) is 36.5 Å². The van der Waals surface area contributed by atoms with Gasteiger partial charge in [0.2, 0.25) is 0 Å². The molecule has 1 aliphatic rings. The quantitative estimate of drug-likeness (QED) is 0.177. The van der Waals surface area contributed by atoms with E-state index in [0.717, 1.165) is 39.4 Å². The van der Waals surface area contributed by atoms with Gasteiger partial charge in [0.25, 0.3) is 17.7 Å². The van der Waals surface area contributed by atoms with Crippen molar-refractivity contribution in [2.75, 3.05) is 17.2 Å². The molecule has 1 aliphatic heterocycles. The average Bonchev–Trinajstić information content (AvgIpc) is 3.57. The van der Waals surface area contributed by atoms with Crippen LogP contribution >= 0.6 is 22.9 Å². The molecular weight excluding hydrogens is 568 g/mol. The van der Waals surface area contributed by atoms with E-state index in [4.69, 9.17) is 11.6 Å². The number of hydrogen-bond acceptors (Lipinski definition) is 6. The van der Waals surface area contributed by atoms with Gasteiger partial charge in [-0.15, -0.1) is 11.3 Å². The number of aromatic nitrogens is 1. The van der Waals surface area contributed by atoms with Gasteiger partial charge >= 0.3 is 0 Å². The molecule has 3 amide bonds. The van der Waals surface area contributed by atoms with Crippen molar-refractivity contribution in [2.24, 2.45) is 0 Å². The third kappa shape index (κ3) is 5.81. The Labute approximate surface area is 251 Å². The summed E-state index contributed by atoms with van der Waals surface area (Å²) < 4.78 is 0.493. The van der Waals surface area contributed by atoms with Crippen LogP contribution in [0.15, 0.2) is 103 Å². The van der Waals surface area contributed by atoms with Crippen molar-refractivity contribution in [3.63, 3.8) is 0 Å². The van der Waals surface area contributed by atoms with E-state index in [0.29, 0.717) is 27.9 Å². The van der Waals surface area contributed by atoms with Crippen molar-refractivity contribution in [1.82, 2.24) is 9.88 Å². The van der Waals surface area contributed by atoms with Gasteiger partial charge in [0.15, 0.2) is 0 Å². The van der Waals surface area contributed by atoms with Gasteiger partial charge in [-0.25, -0.2) is 0 Å². The van der Waals surface area contributed by atoms with Crippen LogP contribution in [0.3, 0.4) is 0 Å². The van der Waals surface area contributed by atoms with Gasteiger partial charge < -0.3 is 10.6 Å². The van der Waals surface area contributed by atoms with Gasteiger partial charge in [-0.2, -0.15) is 0 Å². The van der Waals surface area contributed by atoms with Crippen molar-refractivity contribution >= 4 is 52.0 Å². The summed E-state index contributed by atoms with van der Waals surface area (Å²) in [4.78, 5) is 45.1. The van der Waals surface area contributed by atoms with E-state index in [1.807, 2.05) is 66.7 Å². The molecule has 0 radical (unpaired) electrons. The Hall–Kier alpha value is -4.79. The van der Waals surface area contributed by atoms with Crippen molar-refractivity contribution in [3.05, 3.63) is 135 Å². The first-order valence-corrected chi connectivity index (χ1v) is 14.5. The Morgan fingerprint density at radius 2 is 1.62 bits per heavy atom. The Morgan fingerprint density at radius 3 is 2.33 bits per heavy atom.